The lowest BCUT2D eigenvalue weighted by Gasteiger charge is -2.32. The van der Waals surface area contributed by atoms with Crippen molar-refractivity contribution < 1.29 is 28.7 Å². The Kier molecular flexibility index (Phi) is 7.30. The van der Waals surface area contributed by atoms with Gasteiger partial charge in [-0.1, -0.05) is 54.1 Å². The smallest absolute Gasteiger partial charge is 0.478 e. The number of amides is 1. The molecule has 1 aliphatic rings. The van der Waals surface area contributed by atoms with Crippen LogP contribution in [0.3, 0.4) is 0 Å². The van der Waals surface area contributed by atoms with Crippen molar-refractivity contribution in [1.29, 1.82) is 0 Å². The molecule has 174 valence electrons. The summed E-state index contributed by atoms with van der Waals surface area (Å²) in [5.41, 5.74) is 1.85. The number of carboxylic acid groups (broad SMARTS) is 1. The topological polar surface area (TPSA) is 94.1 Å². The van der Waals surface area contributed by atoms with Gasteiger partial charge in [-0.15, -0.1) is 0 Å². The summed E-state index contributed by atoms with van der Waals surface area (Å²) in [7, 11) is -0.758. The summed E-state index contributed by atoms with van der Waals surface area (Å²) < 4.78 is 17.6. The van der Waals surface area contributed by atoms with Gasteiger partial charge >= 0.3 is 19.2 Å². The molecule has 1 aliphatic heterocycles. The predicted molar refractivity (Wildman–Crippen MR) is 127 cm³/mol. The van der Waals surface area contributed by atoms with Crippen LogP contribution in [-0.2, 0) is 20.7 Å². The first-order chi connectivity index (χ1) is 15.5. The van der Waals surface area contributed by atoms with Gasteiger partial charge in [-0.3, -0.25) is 0 Å². The molecular formula is C25H30BNO6. The highest BCUT2D eigenvalue weighted by atomic mass is 16.7. The van der Waals surface area contributed by atoms with Gasteiger partial charge in [-0.25, -0.2) is 9.59 Å². The molecule has 2 N–H and O–H groups in total. The van der Waals surface area contributed by atoms with Gasteiger partial charge in [0.25, 0.3) is 0 Å². The van der Waals surface area contributed by atoms with E-state index in [-0.39, 0.29) is 18.7 Å². The second-order valence-corrected chi connectivity index (χ2v) is 9.12. The van der Waals surface area contributed by atoms with E-state index in [2.05, 4.69) is 5.32 Å². The largest absolute Gasteiger partial charge is 0.492 e. The van der Waals surface area contributed by atoms with Crippen LogP contribution in [0.1, 0.15) is 54.7 Å². The lowest BCUT2D eigenvalue weighted by Crippen LogP contribution is -2.41. The number of hydrogen-bond acceptors (Lipinski definition) is 5. The maximum atomic E-state index is 12.3. The lowest BCUT2D eigenvalue weighted by molar-refractivity contribution is 0.00578. The molecule has 7 nitrogen and oxygen atoms in total. The predicted octanol–water partition coefficient (Wildman–Crippen LogP) is 4.63. The molecule has 3 rings (SSSR count). The zero-order chi connectivity index (χ0) is 24.2. The van der Waals surface area contributed by atoms with E-state index in [1.54, 1.807) is 24.3 Å². The molecule has 2 aromatic carbocycles. The molecule has 0 bridgehead atoms. The van der Waals surface area contributed by atoms with E-state index in [0.717, 1.165) is 11.1 Å². The molecule has 1 heterocycles. The van der Waals surface area contributed by atoms with E-state index in [1.807, 2.05) is 65.0 Å². The highest BCUT2D eigenvalue weighted by molar-refractivity contribution is 6.56. The molecule has 0 aliphatic carbocycles. The Morgan fingerprint density at radius 1 is 1.06 bits per heavy atom. The van der Waals surface area contributed by atoms with Crippen LogP contribution in [0.2, 0.25) is 0 Å². The highest BCUT2D eigenvalue weighted by Gasteiger charge is 2.52. The third-order valence-corrected chi connectivity index (χ3v) is 5.98. The Morgan fingerprint density at radius 2 is 1.70 bits per heavy atom. The van der Waals surface area contributed by atoms with Crippen molar-refractivity contribution in [3.63, 3.8) is 0 Å². The number of nitrogens with one attached hydrogen (secondary N) is 1. The molecule has 8 heteroatoms. The Balaban J connectivity index is 1.82. The average Bonchev–Trinajstić information content (AvgIpc) is 2.97. The van der Waals surface area contributed by atoms with Gasteiger partial charge in [-0.2, -0.15) is 0 Å². The number of ether oxygens (including phenoxy) is 1. The van der Waals surface area contributed by atoms with Crippen molar-refractivity contribution in [3.05, 3.63) is 76.3 Å². The van der Waals surface area contributed by atoms with Crippen molar-refractivity contribution in [1.82, 2.24) is 5.32 Å². The quantitative estimate of drug-likeness (QED) is 0.596. The number of benzene rings is 2. The van der Waals surface area contributed by atoms with Crippen LogP contribution in [0, 0.1) is 6.92 Å². The number of hydrogen-bond donors (Lipinski definition) is 2. The Labute approximate surface area is 194 Å². The van der Waals surface area contributed by atoms with Crippen LogP contribution >= 0.6 is 0 Å². The molecule has 1 saturated heterocycles. The van der Waals surface area contributed by atoms with Crippen LogP contribution in [0.15, 0.2) is 54.0 Å². The summed E-state index contributed by atoms with van der Waals surface area (Å²) in [6, 6.07) is 14.5. The monoisotopic (exact) mass is 451 g/mol. The molecule has 1 amide bonds. The molecule has 0 spiro atoms. The Morgan fingerprint density at radius 3 is 2.30 bits per heavy atom. The molecule has 0 radical (unpaired) electrons. The standard InChI is InChI=1S/C25H30BNO6/c1-17-11-12-21(22(28)29)19(13-17)14-20(26-32-24(2,3)25(4,5)33-26)15-27-23(30)31-16-18-9-7-6-8-10-18/h6-14H,15-16H2,1-5H3,(H,27,30)(H,28,29). The van der Waals surface area contributed by atoms with Crippen molar-refractivity contribution in [3.8, 4) is 0 Å². The molecule has 2 aromatic rings. The fraction of sp³-hybridized carbons (Fsp3) is 0.360. The molecular weight excluding hydrogens is 421 g/mol. The number of carbonyl (C=O) groups is 2. The summed E-state index contributed by atoms with van der Waals surface area (Å²) in [6.45, 7) is 9.82. The number of carbonyl (C=O) groups excluding carboxylic acids is 1. The Hall–Kier alpha value is -3.10. The summed E-state index contributed by atoms with van der Waals surface area (Å²) in [4.78, 5) is 24.1. The maximum absolute atomic E-state index is 12.3. The normalized spacial score (nSPS) is 17.0. The summed E-state index contributed by atoms with van der Waals surface area (Å²) in [5.74, 6) is -1.04. The Bertz CT molecular complexity index is 1030. The third kappa shape index (κ3) is 6.03. The van der Waals surface area contributed by atoms with E-state index >= 15 is 0 Å². The zero-order valence-corrected chi connectivity index (χ0v) is 19.7. The SMILES string of the molecule is Cc1ccc(C(=O)O)c(C=C(CNC(=O)OCc2ccccc2)B2OC(C)(C)C(C)(C)O2)c1. The molecule has 0 unspecified atom stereocenters. The first kappa shape index (κ1) is 24.5. The number of aromatic carboxylic acids is 1. The van der Waals surface area contributed by atoms with E-state index in [1.165, 1.54) is 0 Å². The lowest BCUT2D eigenvalue weighted by atomic mass is 9.76. The van der Waals surface area contributed by atoms with Crippen LogP contribution in [0.4, 0.5) is 4.79 Å². The first-order valence-electron chi connectivity index (χ1n) is 10.8. The second kappa shape index (κ2) is 9.81. The third-order valence-electron chi connectivity index (χ3n) is 5.98. The number of rotatable bonds is 7. The molecule has 1 fully saturated rings. The fourth-order valence-corrected chi connectivity index (χ4v) is 3.34. The van der Waals surface area contributed by atoms with Gasteiger partial charge in [0, 0.05) is 6.54 Å². The van der Waals surface area contributed by atoms with Crippen LogP contribution < -0.4 is 5.32 Å². The van der Waals surface area contributed by atoms with Gasteiger partial charge in [-0.05, 0) is 57.3 Å². The minimum absolute atomic E-state index is 0.0669. The van der Waals surface area contributed by atoms with Crippen molar-refractivity contribution in [2.45, 2.75) is 52.4 Å². The molecule has 0 atom stereocenters. The van der Waals surface area contributed by atoms with Gasteiger partial charge in [0.2, 0.25) is 0 Å². The molecule has 33 heavy (non-hydrogen) atoms. The molecule has 0 aromatic heterocycles. The number of alkyl carbamates (subject to hydrolysis) is 1. The van der Waals surface area contributed by atoms with Gasteiger partial charge in [0.05, 0.1) is 16.8 Å². The minimum Gasteiger partial charge on any atom is -0.478 e. The summed E-state index contributed by atoms with van der Waals surface area (Å²) >= 11 is 0. The zero-order valence-electron chi connectivity index (χ0n) is 19.7. The van der Waals surface area contributed by atoms with Crippen LogP contribution in [0.5, 0.6) is 0 Å². The summed E-state index contributed by atoms with van der Waals surface area (Å²) in [6.07, 6.45) is 1.11. The van der Waals surface area contributed by atoms with Crippen LogP contribution in [0.25, 0.3) is 6.08 Å². The molecule has 0 saturated carbocycles. The first-order valence-corrected chi connectivity index (χ1v) is 10.8. The van der Waals surface area contributed by atoms with Crippen molar-refractivity contribution >= 4 is 25.3 Å². The van der Waals surface area contributed by atoms with Crippen molar-refractivity contribution in [2.75, 3.05) is 6.54 Å². The maximum Gasteiger partial charge on any atom is 0.492 e. The van der Waals surface area contributed by atoms with E-state index in [0.29, 0.717) is 11.0 Å². The van der Waals surface area contributed by atoms with Gasteiger partial charge < -0.3 is 24.5 Å². The van der Waals surface area contributed by atoms with E-state index in [9.17, 15) is 14.7 Å². The fourth-order valence-electron chi connectivity index (χ4n) is 3.34. The number of aryl methyl sites for hydroxylation is 1. The number of carboxylic acids is 1. The second-order valence-electron chi connectivity index (χ2n) is 9.12. The van der Waals surface area contributed by atoms with Crippen LogP contribution in [-0.4, -0.2) is 42.0 Å². The van der Waals surface area contributed by atoms with Gasteiger partial charge in [0.15, 0.2) is 0 Å². The average molecular weight is 451 g/mol. The minimum atomic E-state index is -1.04. The summed E-state index contributed by atoms with van der Waals surface area (Å²) in [5, 5.41) is 12.3. The highest BCUT2D eigenvalue weighted by Crippen LogP contribution is 2.38. The van der Waals surface area contributed by atoms with Crippen molar-refractivity contribution in [2.24, 2.45) is 0 Å². The van der Waals surface area contributed by atoms with E-state index < -0.39 is 30.4 Å². The van der Waals surface area contributed by atoms with Gasteiger partial charge in [0.1, 0.15) is 6.61 Å². The van der Waals surface area contributed by atoms with E-state index in [4.69, 9.17) is 14.0 Å².